The third kappa shape index (κ3) is 4.06. The highest BCUT2D eigenvalue weighted by molar-refractivity contribution is 5.19. The van der Waals surface area contributed by atoms with Gasteiger partial charge in [-0.25, -0.2) is 8.78 Å². The maximum absolute atomic E-state index is 13.2. The zero-order valence-corrected chi connectivity index (χ0v) is 9.56. The van der Waals surface area contributed by atoms with Crippen molar-refractivity contribution in [1.82, 2.24) is 0 Å². The van der Waals surface area contributed by atoms with Crippen molar-refractivity contribution in [2.45, 2.75) is 24.9 Å². The van der Waals surface area contributed by atoms with Crippen LogP contribution in [0.3, 0.4) is 0 Å². The molecule has 0 spiro atoms. The molecule has 0 heterocycles. The Morgan fingerprint density at radius 2 is 1.45 bits per heavy atom. The molecule has 0 bridgehead atoms. The van der Waals surface area contributed by atoms with Crippen LogP contribution < -0.4 is 0 Å². The molecule has 0 radical (unpaired) electrons. The van der Waals surface area contributed by atoms with E-state index in [9.17, 15) is 35.1 Å². The van der Waals surface area contributed by atoms with E-state index >= 15 is 0 Å². The average Bonchev–Trinajstić information content (AvgIpc) is 2.17. The summed E-state index contributed by atoms with van der Waals surface area (Å²) < 4.78 is 99.5. The first-order valence-electron chi connectivity index (χ1n) is 5.18. The van der Waals surface area contributed by atoms with Crippen LogP contribution in [-0.2, 0) is 6.42 Å². The molecular formula is C11H8F8O. The van der Waals surface area contributed by atoms with E-state index in [1.54, 1.807) is 0 Å². The Balaban J connectivity index is 3.00. The zero-order chi connectivity index (χ0) is 15.7. The van der Waals surface area contributed by atoms with E-state index in [2.05, 4.69) is 0 Å². The third-order valence-electron chi connectivity index (χ3n) is 2.53. The van der Waals surface area contributed by atoms with E-state index in [-0.39, 0.29) is 0 Å². The topological polar surface area (TPSA) is 20.2 Å². The Bertz CT molecular complexity index is 450. The van der Waals surface area contributed by atoms with Gasteiger partial charge in [-0.3, -0.25) is 0 Å². The van der Waals surface area contributed by atoms with Gasteiger partial charge in [0, 0.05) is 12.5 Å². The highest BCUT2D eigenvalue weighted by Crippen LogP contribution is 2.42. The zero-order valence-electron chi connectivity index (χ0n) is 9.56. The monoisotopic (exact) mass is 308 g/mol. The molecule has 0 amide bonds. The second-order valence-corrected chi connectivity index (χ2v) is 4.07. The molecule has 1 N–H and O–H groups in total. The Morgan fingerprint density at radius 1 is 0.950 bits per heavy atom. The first-order chi connectivity index (χ1) is 8.93. The third-order valence-corrected chi connectivity index (χ3v) is 2.53. The van der Waals surface area contributed by atoms with Crippen LogP contribution in [0, 0.1) is 17.6 Å². The van der Waals surface area contributed by atoms with E-state index in [4.69, 9.17) is 5.11 Å². The summed E-state index contributed by atoms with van der Waals surface area (Å²) in [6, 6.07) is 1.65. The van der Waals surface area contributed by atoms with Crippen LogP contribution in [0.1, 0.15) is 5.56 Å². The van der Waals surface area contributed by atoms with E-state index in [0.717, 1.165) is 0 Å². The molecule has 0 saturated carbocycles. The lowest BCUT2D eigenvalue weighted by Crippen LogP contribution is -2.45. The summed E-state index contributed by atoms with van der Waals surface area (Å²) in [5, 5.41) is 9.13. The quantitative estimate of drug-likeness (QED) is 0.846. The molecule has 1 unspecified atom stereocenters. The molecule has 0 aromatic heterocycles. The first kappa shape index (κ1) is 16.7. The van der Waals surface area contributed by atoms with Gasteiger partial charge in [-0.05, 0) is 11.6 Å². The standard InChI is InChI=1S/C11H8F8O/c12-6-2-1-5(7(13)4-6)3-8(20)9(10(14,15)16)11(17,18)19/h1-2,4,8-9,20H,3H2. The highest BCUT2D eigenvalue weighted by atomic mass is 19.4. The van der Waals surface area contributed by atoms with Gasteiger partial charge in [0.15, 0.2) is 5.92 Å². The van der Waals surface area contributed by atoms with Crippen LogP contribution in [0.2, 0.25) is 0 Å². The van der Waals surface area contributed by atoms with Crippen molar-refractivity contribution in [2.24, 2.45) is 5.92 Å². The van der Waals surface area contributed by atoms with E-state index in [0.29, 0.717) is 18.2 Å². The Labute approximate surface area is 107 Å². The fraction of sp³-hybridized carbons (Fsp3) is 0.455. The highest BCUT2D eigenvalue weighted by Gasteiger charge is 2.60. The predicted molar refractivity (Wildman–Crippen MR) is 51.7 cm³/mol. The van der Waals surface area contributed by atoms with Gasteiger partial charge in [-0.15, -0.1) is 0 Å². The van der Waals surface area contributed by atoms with Crippen LogP contribution in [-0.4, -0.2) is 23.6 Å². The summed E-state index contributed by atoms with van der Waals surface area (Å²) in [5.41, 5.74) is -0.641. The van der Waals surface area contributed by atoms with Crippen molar-refractivity contribution in [3.8, 4) is 0 Å². The van der Waals surface area contributed by atoms with Crippen molar-refractivity contribution >= 4 is 0 Å². The van der Waals surface area contributed by atoms with E-state index in [1.165, 1.54) is 0 Å². The second kappa shape index (κ2) is 5.55. The number of aliphatic hydroxyl groups excluding tert-OH is 1. The van der Waals surface area contributed by atoms with Crippen LogP contribution >= 0.6 is 0 Å². The SMILES string of the molecule is OC(Cc1ccc(F)cc1F)C(C(F)(F)F)C(F)(F)F. The molecule has 1 rings (SSSR count). The van der Waals surface area contributed by atoms with Gasteiger partial charge in [0.2, 0.25) is 0 Å². The Kier molecular flexibility index (Phi) is 4.62. The number of benzene rings is 1. The lowest BCUT2D eigenvalue weighted by atomic mass is 9.94. The molecule has 0 aliphatic rings. The molecule has 1 aromatic carbocycles. The van der Waals surface area contributed by atoms with Gasteiger partial charge in [0.05, 0.1) is 6.10 Å². The average molecular weight is 308 g/mol. The van der Waals surface area contributed by atoms with Crippen LogP contribution in [0.4, 0.5) is 35.1 Å². The first-order valence-corrected chi connectivity index (χ1v) is 5.18. The van der Waals surface area contributed by atoms with Gasteiger partial charge >= 0.3 is 12.4 Å². The second-order valence-electron chi connectivity index (χ2n) is 4.07. The van der Waals surface area contributed by atoms with Crippen LogP contribution in [0.25, 0.3) is 0 Å². The number of halogens is 8. The van der Waals surface area contributed by atoms with Crippen molar-refractivity contribution in [3.63, 3.8) is 0 Å². The van der Waals surface area contributed by atoms with Crippen molar-refractivity contribution in [2.75, 3.05) is 0 Å². The van der Waals surface area contributed by atoms with E-state index < -0.39 is 48.0 Å². The minimum absolute atomic E-state index is 0.304. The molecule has 1 aromatic rings. The molecule has 0 saturated heterocycles. The maximum Gasteiger partial charge on any atom is 0.403 e. The number of aliphatic hydroxyl groups is 1. The summed E-state index contributed by atoms with van der Waals surface area (Å²) in [5.74, 6) is -6.37. The largest absolute Gasteiger partial charge is 0.403 e. The lowest BCUT2D eigenvalue weighted by molar-refractivity contribution is -0.305. The molecule has 9 heteroatoms. The number of alkyl halides is 6. The van der Waals surface area contributed by atoms with Crippen molar-refractivity contribution < 1.29 is 40.2 Å². The minimum atomic E-state index is -5.73. The summed E-state index contributed by atoms with van der Waals surface area (Å²) in [6.45, 7) is 0. The fourth-order valence-electron chi connectivity index (χ4n) is 1.65. The summed E-state index contributed by atoms with van der Waals surface area (Å²) >= 11 is 0. The van der Waals surface area contributed by atoms with Gasteiger partial charge in [0.25, 0.3) is 0 Å². The maximum atomic E-state index is 13.2. The Morgan fingerprint density at radius 3 is 1.85 bits per heavy atom. The van der Waals surface area contributed by atoms with Gasteiger partial charge in [0.1, 0.15) is 11.6 Å². The smallest absolute Gasteiger partial charge is 0.392 e. The molecule has 0 aliphatic heterocycles. The van der Waals surface area contributed by atoms with Gasteiger partial charge in [-0.1, -0.05) is 6.07 Å². The molecular weight excluding hydrogens is 300 g/mol. The fourth-order valence-corrected chi connectivity index (χ4v) is 1.65. The molecule has 20 heavy (non-hydrogen) atoms. The minimum Gasteiger partial charge on any atom is -0.392 e. The summed E-state index contributed by atoms with van der Waals surface area (Å²) in [4.78, 5) is 0. The lowest BCUT2D eigenvalue weighted by Gasteiger charge is -2.27. The predicted octanol–water partition coefficient (Wildman–Crippen LogP) is 3.61. The van der Waals surface area contributed by atoms with Crippen molar-refractivity contribution in [3.05, 3.63) is 35.4 Å². The number of hydrogen-bond acceptors (Lipinski definition) is 1. The number of rotatable bonds is 3. The van der Waals surface area contributed by atoms with Gasteiger partial charge < -0.3 is 5.11 Å². The molecule has 0 fully saturated rings. The van der Waals surface area contributed by atoms with Crippen LogP contribution in [0.5, 0.6) is 0 Å². The van der Waals surface area contributed by atoms with E-state index in [1.807, 2.05) is 0 Å². The summed E-state index contributed by atoms with van der Waals surface area (Å²) in [6.07, 6.45) is -15.6. The normalized spacial score (nSPS) is 14.7. The number of hydrogen-bond donors (Lipinski definition) is 1. The van der Waals surface area contributed by atoms with Gasteiger partial charge in [-0.2, -0.15) is 26.3 Å². The van der Waals surface area contributed by atoms with Crippen LogP contribution in [0.15, 0.2) is 18.2 Å². The molecule has 0 aliphatic carbocycles. The summed E-state index contributed by atoms with van der Waals surface area (Å²) in [7, 11) is 0. The molecule has 114 valence electrons. The molecule has 1 atom stereocenters. The Hall–Kier alpha value is -1.38. The van der Waals surface area contributed by atoms with Crippen molar-refractivity contribution in [1.29, 1.82) is 0 Å². The molecule has 1 nitrogen and oxygen atoms in total.